The summed E-state index contributed by atoms with van der Waals surface area (Å²) in [6, 6.07) is 9.49. The minimum absolute atomic E-state index is 0.745. The van der Waals surface area contributed by atoms with Gasteiger partial charge in [-0.05, 0) is 29.8 Å². The molecule has 0 atom stereocenters. The monoisotopic (exact) mass is 216 g/mol. The van der Waals surface area contributed by atoms with Crippen molar-refractivity contribution in [3.63, 3.8) is 0 Å². The lowest BCUT2D eigenvalue weighted by atomic mass is 10.2. The molecule has 2 nitrogen and oxygen atoms in total. The molecule has 0 aliphatic heterocycles. The molecule has 0 spiro atoms. The van der Waals surface area contributed by atoms with Crippen molar-refractivity contribution in [2.45, 2.75) is 0 Å². The highest BCUT2D eigenvalue weighted by molar-refractivity contribution is 6.30. The Labute approximate surface area is 93.3 Å². The van der Waals surface area contributed by atoms with Crippen molar-refractivity contribution in [3.8, 4) is 0 Å². The Morgan fingerprint density at radius 2 is 1.80 bits per heavy atom. The molecule has 0 radical (unpaired) electrons. The van der Waals surface area contributed by atoms with Crippen LogP contribution in [0.15, 0.2) is 42.9 Å². The molecule has 74 valence electrons. The Morgan fingerprint density at radius 1 is 1.00 bits per heavy atom. The van der Waals surface area contributed by atoms with Gasteiger partial charge in [0.2, 0.25) is 0 Å². The van der Waals surface area contributed by atoms with Gasteiger partial charge >= 0.3 is 0 Å². The molecule has 2 rings (SSSR count). The van der Waals surface area contributed by atoms with Crippen LogP contribution in [0.5, 0.6) is 0 Å². The predicted molar refractivity (Wildman–Crippen MR) is 62.4 cm³/mol. The second kappa shape index (κ2) is 4.71. The summed E-state index contributed by atoms with van der Waals surface area (Å²) < 4.78 is 0. The molecule has 3 heteroatoms. The van der Waals surface area contributed by atoms with Crippen LogP contribution in [0.4, 0.5) is 0 Å². The highest BCUT2D eigenvalue weighted by Gasteiger charge is 1.88. The minimum atomic E-state index is 0.745. The van der Waals surface area contributed by atoms with Crippen molar-refractivity contribution in [1.29, 1.82) is 0 Å². The molecule has 0 amide bonds. The van der Waals surface area contributed by atoms with Crippen LogP contribution < -0.4 is 0 Å². The van der Waals surface area contributed by atoms with Gasteiger partial charge in [-0.2, -0.15) is 0 Å². The van der Waals surface area contributed by atoms with Crippen molar-refractivity contribution in [2.24, 2.45) is 0 Å². The van der Waals surface area contributed by atoms with E-state index in [-0.39, 0.29) is 0 Å². The Bertz CT molecular complexity index is 449. The normalized spacial score (nSPS) is 10.7. The fourth-order valence-corrected chi connectivity index (χ4v) is 1.28. The summed E-state index contributed by atoms with van der Waals surface area (Å²) in [5.74, 6) is 0. The maximum Gasteiger partial charge on any atom is 0.115 e. The summed E-state index contributed by atoms with van der Waals surface area (Å²) in [6.07, 6.45) is 7.17. The van der Waals surface area contributed by atoms with Crippen LogP contribution in [0.3, 0.4) is 0 Å². The zero-order chi connectivity index (χ0) is 10.5. The van der Waals surface area contributed by atoms with E-state index in [1.54, 1.807) is 6.20 Å². The molecular weight excluding hydrogens is 208 g/mol. The molecule has 15 heavy (non-hydrogen) atoms. The zero-order valence-corrected chi connectivity index (χ0v) is 8.72. The van der Waals surface area contributed by atoms with Gasteiger partial charge in [-0.15, -0.1) is 0 Å². The lowest BCUT2D eigenvalue weighted by Crippen LogP contribution is -1.79. The summed E-state index contributed by atoms with van der Waals surface area (Å²) in [6.45, 7) is 0. The molecule has 0 bridgehead atoms. The maximum absolute atomic E-state index is 5.78. The first-order valence-electron chi connectivity index (χ1n) is 4.54. The maximum atomic E-state index is 5.78. The third-order valence-electron chi connectivity index (χ3n) is 1.92. The smallest absolute Gasteiger partial charge is 0.115 e. The van der Waals surface area contributed by atoms with E-state index in [2.05, 4.69) is 9.97 Å². The van der Waals surface area contributed by atoms with Crippen LogP contribution in [0, 0.1) is 0 Å². The molecule has 1 aromatic heterocycles. The Morgan fingerprint density at radius 3 is 2.47 bits per heavy atom. The first kappa shape index (κ1) is 9.87. The number of halogens is 1. The van der Waals surface area contributed by atoms with Crippen LogP contribution in [-0.2, 0) is 0 Å². The molecule has 1 heterocycles. The summed E-state index contributed by atoms with van der Waals surface area (Å²) in [5, 5.41) is 0.745. The fraction of sp³-hybridized carbons (Fsp3) is 0. The highest BCUT2D eigenvalue weighted by atomic mass is 35.5. The van der Waals surface area contributed by atoms with Gasteiger partial charge in [0, 0.05) is 11.2 Å². The van der Waals surface area contributed by atoms with E-state index in [9.17, 15) is 0 Å². The lowest BCUT2D eigenvalue weighted by molar-refractivity contribution is 1.15. The van der Waals surface area contributed by atoms with Gasteiger partial charge in [0.05, 0.1) is 5.69 Å². The number of nitrogens with zero attached hydrogens (tertiary/aromatic N) is 2. The summed E-state index contributed by atoms with van der Waals surface area (Å²) >= 11 is 5.78. The molecule has 0 aliphatic carbocycles. The van der Waals surface area contributed by atoms with Gasteiger partial charge < -0.3 is 0 Å². The van der Waals surface area contributed by atoms with Gasteiger partial charge in [0.25, 0.3) is 0 Å². The van der Waals surface area contributed by atoms with Gasteiger partial charge in [-0.3, -0.25) is 0 Å². The minimum Gasteiger partial charge on any atom is -0.245 e. The molecule has 0 unspecified atom stereocenters. The Balaban J connectivity index is 2.15. The van der Waals surface area contributed by atoms with E-state index in [0.29, 0.717) is 0 Å². The number of aromatic nitrogens is 2. The molecule has 0 saturated carbocycles. The molecular formula is C12H9ClN2. The Hall–Kier alpha value is -1.67. The molecule has 2 aromatic rings. The van der Waals surface area contributed by atoms with E-state index in [4.69, 9.17) is 11.6 Å². The predicted octanol–water partition coefficient (Wildman–Crippen LogP) is 3.30. The van der Waals surface area contributed by atoms with Crippen molar-refractivity contribution in [2.75, 3.05) is 0 Å². The topological polar surface area (TPSA) is 25.8 Å². The van der Waals surface area contributed by atoms with Crippen molar-refractivity contribution in [1.82, 2.24) is 9.97 Å². The van der Waals surface area contributed by atoms with E-state index in [1.807, 2.05) is 42.5 Å². The van der Waals surface area contributed by atoms with E-state index >= 15 is 0 Å². The average Bonchev–Trinajstić information content (AvgIpc) is 2.30. The van der Waals surface area contributed by atoms with Crippen LogP contribution in [0.2, 0.25) is 5.02 Å². The highest BCUT2D eigenvalue weighted by Crippen LogP contribution is 2.11. The van der Waals surface area contributed by atoms with Gasteiger partial charge in [-0.25, -0.2) is 9.97 Å². The Kier molecular flexibility index (Phi) is 3.10. The summed E-state index contributed by atoms with van der Waals surface area (Å²) in [4.78, 5) is 7.94. The first-order chi connectivity index (χ1) is 7.34. The van der Waals surface area contributed by atoms with Gasteiger partial charge in [0.1, 0.15) is 6.33 Å². The number of benzene rings is 1. The van der Waals surface area contributed by atoms with E-state index in [1.165, 1.54) is 6.33 Å². The largest absolute Gasteiger partial charge is 0.245 e. The fourth-order valence-electron chi connectivity index (χ4n) is 1.16. The van der Waals surface area contributed by atoms with Crippen molar-refractivity contribution in [3.05, 3.63) is 59.1 Å². The van der Waals surface area contributed by atoms with Crippen LogP contribution in [-0.4, -0.2) is 9.97 Å². The van der Waals surface area contributed by atoms with E-state index < -0.39 is 0 Å². The molecule has 0 N–H and O–H groups in total. The van der Waals surface area contributed by atoms with Crippen LogP contribution in [0.25, 0.3) is 12.2 Å². The summed E-state index contributed by atoms with van der Waals surface area (Å²) in [7, 11) is 0. The van der Waals surface area contributed by atoms with Gasteiger partial charge in [0.15, 0.2) is 0 Å². The van der Waals surface area contributed by atoms with Crippen LogP contribution in [0.1, 0.15) is 11.3 Å². The molecule has 0 fully saturated rings. The zero-order valence-electron chi connectivity index (χ0n) is 7.97. The summed E-state index contributed by atoms with van der Waals surface area (Å²) in [5.41, 5.74) is 1.98. The number of rotatable bonds is 2. The second-order valence-corrected chi connectivity index (χ2v) is 3.46. The van der Waals surface area contributed by atoms with Crippen LogP contribution >= 0.6 is 11.6 Å². The molecule has 1 aromatic carbocycles. The number of hydrogen-bond donors (Lipinski definition) is 0. The third kappa shape index (κ3) is 2.89. The number of hydrogen-bond acceptors (Lipinski definition) is 2. The van der Waals surface area contributed by atoms with Crippen molar-refractivity contribution >= 4 is 23.8 Å². The quantitative estimate of drug-likeness (QED) is 0.770. The third-order valence-corrected chi connectivity index (χ3v) is 2.17. The lowest BCUT2D eigenvalue weighted by Gasteiger charge is -1.93. The average molecular weight is 217 g/mol. The van der Waals surface area contributed by atoms with E-state index in [0.717, 1.165) is 16.3 Å². The first-order valence-corrected chi connectivity index (χ1v) is 4.92. The molecule has 0 aliphatic rings. The second-order valence-electron chi connectivity index (χ2n) is 3.02. The van der Waals surface area contributed by atoms with Crippen molar-refractivity contribution < 1.29 is 0 Å². The molecule has 0 saturated heterocycles. The SMILES string of the molecule is Clc1ccc(C=Cc2ccncn2)cc1. The van der Waals surface area contributed by atoms with Gasteiger partial charge in [-0.1, -0.05) is 29.8 Å². The standard InChI is InChI=1S/C12H9ClN2/c13-11-4-1-10(2-5-11)3-6-12-7-8-14-9-15-12/h1-9H.